The van der Waals surface area contributed by atoms with Crippen LogP contribution in [0.2, 0.25) is 0 Å². The van der Waals surface area contributed by atoms with Crippen LogP contribution >= 0.6 is 0 Å². The van der Waals surface area contributed by atoms with E-state index in [4.69, 9.17) is 5.73 Å². The minimum Gasteiger partial charge on any atom is -0.508 e. The molecule has 0 unspecified atom stereocenters. The molecule has 1 heterocycles. The normalized spacial score (nSPS) is 14.8. The first-order valence-electron chi connectivity index (χ1n) is 22.8. The Morgan fingerprint density at radius 2 is 1.25 bits per heavy atom. The predicted molar refractivity (Wildman–Crippen MR) is 252 cm³/mol. The number of aliphatic hydroxyl groups excluding tert-OH is 1. The number of carbonyl (C=O) groups is 9. The van der Waals surface area contributed by atoms with Crippen LogP contribution < -0.4 is 43.0 Å². The molecule has 7 amide bonds. The van der Waals surface area contributed by atoms with Gasteiger partial charge in [0.25, 0.3) is 0 Å². The molecule has 8 atom stereocenters. The molecule has 0 saturated heterocycles. The summed E-state index contributed by atoms with van der Waals surface area (Å²) in [6, 6.07) is 3.51. The number of phenolic OH excluding ortho intramolecular Hbond substituents is 1. The number of aromatic nitrogens is 1. The second kappa shape index (κ2) is 27.1. The third-order valence-corrected chi connectivity index (χ3v) is 11.4. The van der Waals surface area contributed by atoms with E-state index >= 15 is 0 Å². The molecule has 0 aliphatic heterocycles. The van der Waals surface area contributed by atoms with E-state index in [1.165, 1.54) is 24.3 Å². The maximum absolute atomic E-state index is 14.3. The zero-order valence-electron chi connectivity index (χ0n) is 39.7. The van der Waals surface area contributed by atoms with Gasteiger partial charge in [-0.15, -0.1) is 0 Å². The van der Waals surface area contributed by atoms with E-state index in [-0.39, 0.29) is 30.9 Å². The lowest BCUT2D eigenvalue weighted by atomic mass is 9.98. The zero-order valence-corrected chi connectivity index (χ0v) is 39.7. The summed E-state index contributed by atoms with van der Waals surface area (Å²) in [4.78, 5) is 122. The molecular formula is C47H67N9O13. The van der Waals surface area contributed by atoms with Gasteiger partial charge in [0, 0.05) is 36.4 Å². The number of phenols is 1. The number of aliphatic carboxylic acids is 2. The van der Waals surface area contributed by atoms with Gasteiger partial charge in [-0.2, -0.15) is 0 Å². The summed E-state index contributed by atoms with van der Waals surface area (Å²) in [7, 11) is 0. The number of aromatic amines is 1. The number of carbonyl (C=O) groups excluding carboxylic acids is 7. The minimum atomic E-state index is -1.53. The minimum absolute atomic E-state index is 0.0322. The van der Waals surface area contributed by atoms with Crippen LogP contribution in [0, 0.1) is 17.8 Å². The van der Waals surface area contributed by atoms with E-state index in [9.17, 15) is 63.6 Å². The average molecular weight is 966 g/mol. The van der Waals surface area contributed by atoms with E-state index < -0.39 is 133 Å². The number of carboxylic acids is 2. The number of hydrogen-bond donors (Lipinski definition) is 13. The van der Waals surface area contributed by atoms with Crippen molar-refractivity contribution >= 4 is 64.2 Å². The quantitative estimate of drug-likeness (QED) is 0.0445. The van der Waals surface area contributed by atoms with Crippen molar-refractivity contribution in [3.05, 3.63) is 65.9 Å². The standard InChI is InChI=1S/C47H67N9O13/c1-7-26(6)40(47(68)69)56-43(64)33(16-17-38(60)61)51-45(66)36(20-28-21-49-32-11-9-8-10-30(28)32)53-44(65)34(18-24(2)3)54-46(67)39(25(4)5)55-37(59)22-50-42(63)35(52-41(62)31(48)23-57)19-27-12-14-29(58)15-13-27/h8-15,21,24-26,31,33-36,39-40,49,57-58H,7,16-20,22-23,48H2,1-6H3,(H,50,63)(H,51,66)(H,52,62)(H,53,65)(H,54,67)(H,55,59)(H,56,64)(H,60,61)(H,68,69)/t26-,31-,33-,34-,35-,36-,39-,40-/m0/s1. The van der Waals surface area contributed by atoms with Gasteiger partial charge in [-0.25, -0.2) is 4.79 Å². The van der Waals surface area contributed by atoms with Gasteiger partial charge >= 0.3 is 11.9 Å². The number of para-hydroxylation sites is 1. The number of amides is 7. The highest BCUT2D eigenvalue weighted by Gasteiger charge is 2.35. The van der Waals surface area contributed by atoms with E-state index in [0.717, 1.165) is 5.52 Å². The fourth-order valence-corrected chi connectivity index (χ4v) is 7.20. The van der Waals surface area contributed by atoms with Crippen molar-refractivity contribution in [3.63, 3.8) is 0 Å². The number of aromatic hydroxyl groups is 1. The van der Waals surface area contributed by atoms with Gasteiger partial charge in [-0.1, -0.05) is 78.3 Å². The Morgan fingerprint density at radius 3 is 1.84 bits per heavy atom. The molecule has 0 bridgehead atoms. The van der Waals surface area contributed by atoms with Crippen molar-refractivity contribution in [3.8, 4) is 5.75 Å². The van der Waals surface area contributed by atoms with Gasteiger partial charge in [0.2, 0.25) is 41.4 Å². The Balaban J connectivity index is 1.85. The van der Waals surface area contributed by atoms with E-state index in [1.54, 1.807) is 72.0 Å². The molecule has 0 saturated carbocycles. The fraction of sp³-hybridized carbons (Fsp3) is 0.511. The van der Waals surface area contributed by atoms with Gasteiger partial charge < -0.3 is 68.4 Å². The third-order valence-electron chi connectivity index (χ3n) is 11.4. The summed E-state index contributed by atoms with van der Waals surface area (Å²) in [5.41, 5.74) is 7.47. The lowest BCUT2D eigenvalue weighted by molar-refractivity contribution is -0.144. The second-order valence-corrected chi connectivity index (χ2v) is 17.7. The van der Waals surface area contributed by atoms with Gasteiger partial charge in [-0.05, 0) is 59.9 Å². The van der Waals surface area contributed by atoms with E-state index in [2.05, 4.69) is 42.2 Å². The zero-order chi connectivity index (χ0) is 51.5. The number of fused-ring (bicyclic) bond motifs is 1. The molecule has 1 aromatic heterocycles. The lowest BCUT2D eigenvalue weighted by Crippen LogP contribution is -2.60. The second-order valence-electron chi connectivity index (χ2n) is 17.7. The molecule has 0 aliphatic rings. The Morgan fingerprint density at radius 1 is 0.667 bits per heavy atom. The van der Waals surface area contributed by atoms with Crippen LogP contribution in [0.1, 0.15) is 78.4 Å². The smallest absolute Gasteiger partial charge is 0.326 e. The molecule has 0 aliphatic carbocycles. The molecular weight excluding hydrogens is 899 g/mol. The Kier molecular flexibility index (Phi) is 22.1. The van der Waals surface area contributed by atoms with Crippen LogP contribution in [0.15, 0.2) is 54.7 Å². The summed E-state index contributed by atoms with van der Waals surface area (Å²) in [6.07, 6.45) is 0.867. The van der Waals surface area contributed by atoms with Gasteiger partial charge in [0.15, 0.2) is 0 Å². The molecule has 2 aromatic carbocycles. The number of carboxylic acid groups (broad SMARTS) is 2. The van der Waals surface area contributed by atoms with Crippen molar-refractivity contribution < 1.29 is 63.6 Å². The molecule has 69 heavy (non-hydrogen) atoms. The molecule has 22 heteroatoms. The predicted octanol–water partition coefficient (Wildman–Crippen LogP) is -0.299. The van der Waals surface area contributed by atoms with Crippen LogP contribution in [0.4, 0.5) is 0 Å². The Hall–Kier alpha value is -7.07. The van der Waals surface area contributed by atoms with Crippen molar-refractivity contribution in [2.45, 2.75) is 122 Å². The first kappa shape index (κ1) is 56.3. The van der Waals surface area contributed by atoms with Crippen molar-refractivity contribution in [2.75, 3.05) is 13.2 Å². The lowest BCUT2D eigenvalue weighted by Gasteiger charge is -2.28. The number of nitrogens with two attached hydrogens (primary N) is 1. The monoisotopic (exact) mass is 965 g/mol. The summed E-state index contributed by atoms with van der Waals surface area (Å²) in [6.45, 7) is 8.84. The molecule has 0 radical (unpaired) electrons. The van der Waals surface area contributed by atoms with Crippen LogP contribution in [0.5, 0.6) is 5.75 Å². The summed E-state index contributed by atoms with van der Waals surface area (Å²) in [5, 5.41) is 56.8. The average Bonchev–Trinajstić information content (AvgIpc) is 3.71. The van der Waals surface area contributed by atoms with Crippen LogP contribution in [0.3, 0.4) is 0 Å². The number of rotatable bonds is 28. The van der Waals surface area contributed by atoms with Crippen molar-refractivity contribution in [1.82, 2.24) is 42.2 Å². The van der Waals surface area contributed by atoms with E-state index in [0.29, 0.717) is 22.9 Å². The summed E-state index contributed by atoms with van der Waals surface area (Å²) in [5.74, 6) is -9.80. The molecule has 3 rings (SSSR count). The molecule has 378 valence electrons. The Labute approximate surface area is 399 Å². The van der Waals surface area contributed by atoms with Crippen LogP contribution in [-0.2, 0) is 56.0 Å². The number of H-pyrrole nitrogens is 1. The van der Waals surface area contributed by atoms with Crippen LogP contribution in [0.25, 0.3) is 10.9 Å². The molecule has 0 spiro atoms. The first-order chi connectivity index (χ1) is 32.5. The summed E-state index contributed by atoms with van der Waals surface area (Å²) < 4.78 is 0. The highest BCUT2D eigenvalue weighted by Crippen LogP contribution is 2.20. The van der Waals surface area contributed by atoms with Crippen molar-refractivity contribution in [2.24, 2.45) is 23.5 Å². The SMILES string of the molecule is CC[C@H](C)[C@H](NC(=O)[C@H](CCC(=O)O)NC(=O)[C@H](Cc1c[nH]c2ccccc12)NC(=O)[C@H](CC(C)C)NC(=O)[C@@H](NC(=O)CNC(=O)[C@H](Cc1ccc(O)cc1)NC(=O)[C@@H](N)CO)C(C)C)C(=O)O. The fourth-order valence-electron chi connectivity index (χ4n) is 7.20. The highest BCUT2D eigenvalue weighted by atomic mass is 16.4. The number of nitrogens with one attached hydrogen (secondary N) is 8. The highest BCUT2D eigenvalue weighted by molar-refractivity contribution is 5.97. The number of benzene rings is 2. The largest absolute Gasteiger partial charge is 0.508 e. The molecule has 22 nitrogen and oxygen atoms in total. The van der Waals surface area contributed by atoms with Crippen LogP contribution in [-0.4, -0.2) is 134 Å². The molecule has 14 N–H and O–H groups in total. The molecule has 3 aromatic rings. The number of hydrogen-bond acceptors (Lipinski definition) is 12. The maximum atomic E-state index is 14.3. The molecule has 0 fully saturated rings. The van der Waals surface area contributed by atoms with Gasteiger partial charge in [0.05, 0.1) is 13.2 Å². The first-order valence-corrected chi connectivity index (χ1v) is 22.8. The van der Waals surface area contributed by atoms with Gasteiger partial charge in [0.1, 0.15) is 48.0 Å². The Bertz CT molecular complexity index is 2270. The topological polar surface area (TPSA) is 361 Å². The third kappa shape index (κ3) is 17.8. The van der Waals surface area contributed by atoms with Gasteiger partial charge in [-0.3, -0.25) is 38.4 Å². The number of aliphatic hydroxyl groups is 1. The summed E-state index contributed by atoms with van der Waals surface area (Å²) >= 11 is 0. The van der Waals surface area contributed by atoms with Crippen molar-refractivity contribution in [1.29, 1.82) is 0 Å². The van der Waals surface area contributed by atoms with E-state index in [1.807, 2.05) is 0 Å². The maximum Gasteiger partial charge on any atom is 0.326 e.